The van der Waals surface area contributed by atoms with E-state index in [-0.39, 0.29) is 11.9 Å². The second-order valence-corrected chi connectivity index (χ2v) is 3.85. The first kappa shape index (κ1) is 11.7. The van der Waals surface area contributed by atoms with Crippen LogP contribution in [0.25, 0.3) is 0 Å². The summed E-state index contributed by atoms with van der Waals surface area (Å²) in [6, 6.07) is 7.74. The number of nitrogens with zero attached hydrogens (tertiary/aromatic N) is 1. The number of amides is 1. The highest BCUT2D eigenvalue weighted by Gasteiger charge is 2.17. The second-order valence-electron chi connectivity index (χ2n) is 3.85. The molecule has 0 heterocycles. The van der Waals surface area contributed by atoms with Gasteiger partial charge in [-0.25, -0.2) is 0 Å². The summed E-state index contributed by atoms with van der Waals surface area (Å²) in [4.78, 5) is 13.1. The highest BCUT2D eigenvalue weighted by atomic mass is 16.3. The number of anilines is 1. The zero-order chi connectivity index (χ0) is 11.4. The summed E-state index contributed by atoms with van der Waals surface area (Å²) in [5, 5.41) is 8.88. The molecule has 0 aliphatic carbocycles. The van der Waals surface area contributed by atoms with E-state index in [1.54, 1.807) is 4.90 Å². The van der Waals surface area contributed by atoms with Gasteiger partial charge in [0.1, 0.15) is 6.61 Å². The minimum Gasteiger partial charge on any atom is -0.387 e. The summed E-state index contributed by atoms with van der Waals surface area (Å²) in [6.07, 6.45) is 0. The number of carbonyl (C=O) groups is 1. The van der Waals surface area contributed by atoms with Gasteiger partial charge in [0, 0.05) is 11.7 Å². The van der Waals surface area contributed by atoms with Crippen molar-refractivity contribution in [3.05, 3.63) is 29.8 Å². The summed E-state index contributed by atoms with van der Waals surface area (Å²) >= 11 is 0. The summed E-state index contributed by atoms with van der Waals surface area (Å²) in [5.41, 5.74) is 1.98. The van der Waals surface area contributed by atoms with E-state index in [1.165, 1.54) is 0 Å². The van der Waals surface area contributed by atoms with Crippen LogP contribution in [0.2, 0.25) is 0 Å². The molecule has 0 aliphatic heterocycles. The van der Waals surface area contributed by atoms with Crippen molar-refractivity contribution >= 4 is 11.6 Å². The average molecular weight is 207 g/mol. The molecule has 3 heteroatoms. The third-order valence-electron chi connectivity index (χ3n) is 2.23. The molecule has 1 aromatic rings. The predicted octanol–water partition coefficient (Wildman–Crippen LogP) is 1.73. The van der Waals surface area contributed by atoms with Gasteiger partial charge in [0.15, 0.2) is 0 Å². The summed E-state index contributed by atoms with van der Waals surface area (Å²) in [5.74, 6) is -0.270. The number of hydrogen-bond donors (Lipinski definition) is 1. The van der Waals surface area contributed by atoms with Crippen LogP contribution in [0.15, 0.2) is 24.3 Å². The molecular weight excluding hydrogens is 190 g/mol. The summed E-state index contributed by atoms with van der Waals surface area (Å²) in [7, 11) is 0. The van der Waals surface area contributed by atoms with Crippen LogP contribution < -0.4 is 4.90 Å². The molecule has 1 rings (SSSR count). The van der Waals surface area contributed by atoms with Crippen molar-refractivity contribution in [2.45, 2.75) is 26.8 Å². The molecule has 0 bridgehead atoms. The first-order chi connectivity index (χ1) is 7.06. The molecule has 0 saturated carbocycles. The van der Waals surface area contributed by atoms with Crippen LogP contribution in [0.5, 0.6) is 0 Å². The predicted molar refractivity (Wildman–Crippen MR) is 60.9 cm³/mol. The Balaban J connectivity index is 2.99. The van der Waals surface area contributed by atoms with Gasteiger partial charge >= 0.3 is 0 Å². The Morgan fingerprint density at radius 1 is 1.33 bits per heavy atom. The van der Waals surface area contributed by atoms with Crippen molar-refractivity contribution in [1.82, 2.24) is 0 Å². The van der Waals surface area contributed by atoms with E-state index in [0.29, 0.717) is 0 Å². The number of rotatable bonds is 3. The van der Waals surface area contributed by atoms with Crippen molar-refractivity contribution in [2.75, 3.05) is 11.5 Å². The van der Waals surface area contributed by atoms with Crippen LogP contribution in [-0.2, 0) is 4.79 Å². The van der Waals surface area contributed by atoms with Gasteiger partial charge in [0.05, 0.1) is 0 Å². The molecule has 0 saturated heterocycles. The Labute approximate surface area is 90.3 Å². The third-order valence-corrected chi connectivity index (χ3v) is 2.23. The fourth-order valence-corrected chi connectivity index (χ4v) is 1.51. The van der Waals surface area contributed by atoms with E-state index in [1.807, 2.05) is 45.0 Å². The number of aryl methyl sites for hydroxylation is 1. The van der Waals surface area contributed by atoms with Crippen LogP contribution >= 0.6 is 0 Å². The summed E-state index contributed by atoms with van der Waals surface area (Å²) in [6.45, 7) is 5.39. The lowest BCUT2D eigenvalue weighted by molar-refractivity contribution is -0.121. The van der Waals surface area contributed by atoms with Crippen LogP contribution in [0.3, 0.4) is 0 Å². The van der Waals surface area contributed by atoms with E-state index in [0.717, 1.165) is 11.3 Å². The Hall–Kier alpha value is -1.35. The average Bonchev–Trinajstić information content (AvgIpc) is 2.20. The molecule has 15 heavy (non-hydrogen) atoms. The van der Waals surface area contributed by atoms with Crippen LogP contribution in [0, 0.1) is 6.92 Å². The van der Waals surface area contributed by atoms with Gasteiger partial charge in [0.2, 0.25) is 0 Å². The van der Waals surface area contributed by atoms with Gasteiger partial charge < -0.3 is 10.0 Å². The van der Waals surface area contributed by atoms with Crippen LogP contribution in [0.4, 0.5) is 5.69 Å². The fourth-order valence-electron chi connectivity index (χ4n) is 1.51. The maximum absolute atomic E-state index is 11.5. The van der Waals surface area contributed by atoms with E-state index in [4.69, 9.17) is 5.11 Å². The van der Waals surface area contributed by atoms with Crippen molar-refractivity contribution < 1.29 is 9.90 Å². The number of aliphatic hydroxyl groups excluding tert-OH is 1. The second kappa shape index (κ2) is 4.94. The fraction of sp³-hybridized carbons (Fsp3) is 0.417. The standard InChI is InChI=1S/C12H17NO2/c1-9(2)13(12(15)8-14)11-6-4-10(3)5-7-11/h4-7,9,14H,8H2,1-3H3. The molecular formula is C12H17NO2. The smallest absolute Gasteiger partial charge is 0.252 e. The largest absolute Gasteiger partial charge is 0.387 e. The SMILES string of the molecule is Cc1ccc(N(C(=O)CO)C(C)C)cc1. The van der Waals surface area contributed by atoms with Crippen molar-refractivity contribution in [2.24, 2.45) is 0 Å². The topological polar surface area (TPSA) is 40.5 Å². The molecule has 0 radical (unpaired) electrons. The molecule has 0 aliphatic rings. The maximum Gasteiger partial charge on any atom is 0.252 e. The number of hydrogen-bond acceptors (Lipinski definition) is 2. The number of carbonyl (C=O) groups excluding carboxylic acids is 1. The molecule has 0 spiro atoms. The van der Waals surface area contributed by atoms with E-state index in [9.17, 15) is 4.79 Å². The highest BCUT2D eigenvalue weighted by molar-refractivity contribution is 5.94. The number of aliphatic hydroxyl groups is 1. The van der Waals surface area contributed by atoms with Crippen molar-refractivity contribution in [1.29, 1.82) is 0 Å². The Bertz CT molecular complexity index is 330. The molecule has 0 unspecified atom stereocenters. The normalized spacial score (nSPS) is 10.5. The van der Waals surface area contributed by atoms with Gasteiger partial charge in [-0.15, -0.1) is 0 Å². The Morgan fingerprint density at radius 3 is 2.27 bits per heavy atom. The maximum atomic E-state index is 11.5. The molecule has 0 aromatic heterocycles. The molecule has 0 fully saturated rings. The number of benzene rings is 1. The molecule has 82 valence electrons. The van der Waals surface area contributed by atoms with Gasteiger partial charge in [-0.3, -0.25) is 4.79 Å². The van der Waals surface area contributed by atoms with Gasteiger partial charge in [-0.2, -0.15) is 0 Å². The van der Waals surface area contributed by atoms with Crippen molar-refractivity contribution in [3.63, 3.8) is 0 Å². The van der Waals surface area contributed by atoms with E-state index >= 15 is 0 Å². The molecule has 3 nitrogen and oxygen atoms in total. The quantitative estimate of drug-likeness (QED) is 0.820. The molecule has 1 N–H and O–H groups in total. The van der Waals surface area contributed by atoms with E-state index in [2.05, 4.69) is 0 Å². The minimum absolute atomic E-state index is 0.0485. The Kier molecular flexibility index (Phi) is 3.86. The highest BCUT2D eigenvalue weighted by Crippen LogP contribution is 2.17. The van der Waals surface area contributed by atoms with Gasteiger partial charge in [0.25, 0.3) is 5.91 Å². The van der Waals surface area contributed by atoms with Gasteiger partial charge in [-0.05, 0) is 32.9 Å². The first-order valence-electron chi connectivity index (χ1n) is 5.06. The lowest BCUT2D eigenvalue weighted by atomic mass is 10.2. The zero-order valence-corrected chi connectivity index (χ0v) is 9.40. The van der Waals surface area contributed by atoms with Crippen LogP contribution in [0.1, 0.15) is 19.4 Å². The van der Waals surface area contributed by atoms with Crippen molar-refractivity contribution in [3.8, 4) is 0 Å². The molecule has 1 aromatic carbocycles. The van der Waals surface area contributed by atoms with Gasteiger partial charge in [-0.1, -0.05) is 17.7 Å². The Morgan fingerprint density at radius 2 is 1.87 bits per heavy atom. The lowest BCUT2D eigenvalue weighted by Gasteiger charge is -2.26. The first-order valence-corrected chi connectivity index (χ1v) is 5.06. The third kappa shape index (κ3) is 2.80. The minimum atomic E-state index is -0.452. The molecule has 1 amide bonds. The van der Waals surface area contributed by atoms with Crippen LogP contribution in [-0.4, -0.2) is 23.7 Å². The monoisotopic (exact) mass is 207 g/mol. The molecule has 0 atom stereocenters. The summed E-state index contributed by atoms with van der Waals surface area (Å²) < 4.78 is 0. The zero-order valence-electron chi connectivity index (χ0n) is 9.40. The lowest BCUT2D eigenvalue weighted by Crippen LogP contribution is -2.38. The van der Waals surface area contributed by atoms with E-state index < -0.39 is 6.61 Å².